The zero-order valence-corrected chi connectivity index (χ0v) is 10.4. The summed E-state index contributed by atoms with van der Waals surface area (Å²) in [5, 5.41) is 1.28. The summed E-state index contributed by atoms with van der Waals surface area (Å²) >= 11 is 12.1. The van der Waals surface area contributed by atoms with Crippen LogP contribution in [0.1, 0.15) is 5.56 Å². The zero-order chi connectivity index (χ0) is 11.8. The molecule has 0 aliphatic carbocycles. The summed E-state index contributed by atoms with van der Waals surface area (Å²) in [4.78, 5) is 10.2. The van der Waals surface area contributed by atoms with Crippen molar-refractivity contribution >= 4 is 34.7 Å². The van der Waals surface area contributed by atoms with E-state index in [1.165, 1.54) is 11.9 Å². The fourth-order valence-electron chi connectivity index (χ4n) is 2.08. The zero-order valence-electron chi connectivity index (χ0n) is 8.90. The molecule has 17 heavy (non-hydrogen) atoms. The lowest BCUT2D eigenvalue weighted by molar-refractivity contribution is 0.964. The molecule has 0 atom stereocenters. The van der Waals surface area contributed by atoms with E-state index in [2.05, 4.69) is 14.9 Å². The second kappa shape index (κ2) is 4.17. The maximum absolute atomic E-state index is 6.11. The predicted molar refractivity (Wildman–Crippen MR) is 69.2 cm³/mol. The summed E-state index contributed by atoms with van der Waals surface area (Å²) < 4.78 is 0. The van der Waals surface area contributed by atoms with Crippen LogP contribution >= 0.6 is 23.2 Å². The molecule has 0 saturated heterocycles. The quantitative estimate of drug-likeness (QED) is 0.791. The van der Waals surface area contributed by atoms with Crippen molar-refractivity contribution in [2.45, 2.75) is 6.42 Å². The van der Waals surface area contributed by atoms with E-state index >= 15 is 0 Å². The molecule has 2 aromatic rings. The molecule has 3 nitrogen and oxygen atoms in total. The Morgan fingerprint density at radius 2 is 2.12 bits per heavy atom. The third kappa shape index (κ3) is 1.85. The number of halogens is 2. The van der Waals surface area contributed by atoms with Crippen LogP contribution in [0.5, 0.6) is 0 Å². The van der Waals surface area contributed by atoms with Crippen molar-refractivity contribution < 1.29 is 0 Å². The van der Waals surface area contributed by atoms with Crippen LogP contribution in [0.4, 0.5) is 11.5 Å². The van der Waals surface area contributed by atoms with E-state index in [1.54, 1.807) is 6.20 Å². The van der Waals surface area contributed by atoms with E-state index in [9.17, 15) is 0 Å². The average molecular weight is 266 g/mol. The van der Waals surface area contributed by atoms with Gasteiger partial charge in [0, 0.05) is 17.3 Å². The summed E-state index contributed by atoms with van der Waals surface area (Å²) in [6.07, 6.45) is 4.09. The molecule has 5 heteroatoms. The number of aromatic nitrogens is 2. The summed E-state index contributed by atoms with van der Waals surface area (Å²) in [6, 6.07) is 5.90. The molecule has 0 radical (unpaired) electrons. The molecule has 0 fully saturated rings. The second-order valence-electron chi connectivity index (χ2n) is 3.87. The Kier molecular flexibility index (Phi) is 2.65. The van der Waals surface area contributed by atoms with Gasteiger partial charge in [-0.15, -0.1) is 0 Å². The summed E-state index contributed by atoms with van der Waals surface area (Å²) in [5.41, 5.74) is 2.35. The summed E-state index contributed by atoms with van der Waals surface area (Å²) in [6.45, 7) is 0.867. The standard InChI is InChI=1S/C12H9Cl2N3/c13-9-2-1-8-3-4-17(11(8)5-9)12-10(14)6-15-7-16-12/h1-2,5-7H,3-4H2. The Hall–Kier alpha value is -1.32. The molecular formula is C12H9Cl2N3. The van der Waals surface area contributed by atoms with Gasteiger partial charge in [0.1, 0.15) is 11.3 Å². The largest absolute Gasteiger partial charge is 0.324 e. The molecule has 0 unspecified atom stereocenters. The molecule has 2 heterocycles. The first-order valence-electron chi connectivity index (χ1n) is 5.27. The van der Waals surface area contributed by atoms with Gasteiger partial charge in [0.05, 0.1) is 6.20 Å². The van der Waals surface area contributed by atoms with Gasteiger partial charge < -0.3 is 4.90 Å². The van der Waals surface area contributed by atoms with Gasteiger partial charge in [0.25, 0.3) is 0 Å². The average Bonchev–Trinajstić information content (AvgIpc) is 2.72. The van der Waals surface area contributed by atoms with E-state index in [1.807, 2.05) is 18.2 Å². The van der Waals surface area contributed by atoms with Crippen LogP contribution in [0.25, 0.3) is 0 Å². The molecule has 1 aliphatic heterocycles. The van der Waals surface area contributed by atoms with Crippen LogP contribution in [0.2, 0.25) is 10.0 Å². The maximum Gasteiger partial charge on any atom is 0.155 e. The molecule has 0 N–H and O–H groups in total. The predicted octanol–water partition coefficient (Wildman–Crippen LogP) is 3.48. The highest BCUT2D eigenvalue weighted by Gasteiger charge is 2.23. The van der Waals surface area contributed by atoms with Gasteiger partial charge in [-0.3, -0.25) is 0 Å². The lowest BCUT2D eigenvalue weighted by Gasteiger charge is -2.19. The Morgan fingerprint density at radius 1 is 1.24 bits per heavy atom. The van der Waals surface area contributed by atoms with Crippen molar-refractivity contribution in [1.82, 2.24) is 9.97 Å². The van der Waals surface area contributed by atoms with Crippen molar-refractivity contribution in [2.75, 3.05) is 11.4 Å². The lowest BCUT2D eigenvalue weighted by Crippen LogP contribution is -2.15. The van der Waals surface area contributed by atoms with Gasteiger partial charge in [0.15, 0.2) is 5.82 Å². The lowest BCUT2D eigenvalue weighted by atomic mass is 10.2. The summed E-state index contributed by atoms with van der Waals surface area (Å²) in [7, 11) is 0. The van der Waals surface area contributed by atoms with Gasteiger partial charge in [-0.2, -0.15) is 0 Å². The van der Waals surface area contributed by atoms with Crippen LogP contribution in [-0.4, -0.2) is 16.5 Å². The minimum atomic E-state index is 0.556. The van der Waals surface area contributed by atoms with Crippen LogP contribution in [-0.2, 0) is 6.42 Å². The third-order valence-corrected chi connectivity index (χ3v) is 3.35. The maximum atomic E-state index is 6.11. The van der Waals surface area contributed by atoms with Gasteiger partial charge in [0.2, 0.25) is 0 Å². The normalized spacial score (nSPS) is 13.9. The molecule has 3 rings (SSSR count). The Labute approximate surface area is 109 Å². The molecule has 0 saturated carbocycles. The summed E-state index contributed by atoms with van der Waals surface area (Å²) in [5.74, 6) is 0.739. The molecule has 86 valence electrons. The third-order valence-electron chi connectivity index (χ3n) is 2.85. The number of benzene rings is 1. The van der Waals surface area contributed by atoms with E-state index < -0.39 is 0 Å². The monoisotopic (exact) mass is 265 g/mol. The molecule has 1 aromatic heterocycles. The molecule has 0 spiro atoms. The minimum absolute atomic E-state index is 0.556. The number of anilines is 2. The fraction of sp³-hybridized carbons (Fsp3) is 0.167. The molecule has 0 bridgehead atoms. The smallest absolute Gasteiger partial charge is 0.155 e. The van der Waals surface area contributed by atoms with Crippen LogP contribution in [0.3, 0.4) is 0 Å². The van der Waals surface area contributed by atoms with Gasteiger partial charge in [-0.25, -0.2) is 9.97 Å². The highest BCUT2D eigenvalue weighted by Crippen LogP contribution is 2.37. The number of hydrogen-bond donors (Lipinski definition) is 0. The van der Waals surface area contributed by atoms with Crippen molar-refractivity contribution in [3.63, 3.8) is 0 Å². The number of nitrogens with zero attached hydrogens (tertiary/aromatic N) is 3. The Balaban J connectivity index is 2.10. The Morgan fingerprint density at radius 3 is 2.94 bits per heavy atom. The first-order chi connectivity index (χ1) is 8.25. The van der Waals surface area contributed by atoms with Crippen molar-refractivity contribution in [1.29, 1.82) is 0 Å². The SMILES string of the molecule is Clc1ccc2c(c1)N(c1ncncc1Cl)CC2. The molecule has 1 aromatic carbocycles. The van der Waals surface area contributed by atoms with Crippen molar-refractivity contribution in [3.8, 4) is 0 Å². The van der Waals surface area contributed by atoms with Crippen LogP contribution < -0.4 is 4.90 Å². The number of fused-ring (bicyclic) bond motifs is 1. The van der Waals surface area contributed by atoms with Crippen molar-refractivity contribution in [2.24, 2.45) is 0 Å². The molecule has 0 amide bonds. The number of hydrogen-bond acceptors (Lipinski definition) is 3. The van der Waals surface area contributed by atoms with E-state index in [0.717, 1.165) is 29.5 Å². The van der Waals surface area contributed by atoms with E-state index in [4.69, 9.17) is 23.2 Å². The molecular weight excluding hydrogens is 257 g/mol. The minimum Gasteiger partial charge on any atom is -0.324 e. The molecule has 1 aliphatic rings. The van der Waals surface area contributed by atoms with E-state index in [-0.39, 0.29) is 0 Å². The first kappa shape index (κ1) is 10.8. The fourth-order valence-corrected chi connectivity index (χ4v) is 2.45. The highest BCUT2D eigenvalue weighted by molar-refractivity contribution is 6.33. The van der Waals surface area contributed by atoms with Crippen LogP contribution in [0.15, 0.2) is 30.7 Å². The van der Waals surface area contributed by atoms with Crippen LogP contribution in [0, 0.1) is 0 Å². The van der Waals surface area contributed by atoms with E-state index in [0.29, 0.717) is 5.02 Å². The first-order valence-corrected chi connectivity index (χ1v) is 6.03. The van der Waals surface area contributed by atoms with Gasteiger partial charge >= 0.3 is 0 Å². The van der Waals surface area contributed by atoms with Crippen molar-refractivity contribution in [3.05, 3.63) is 46.3 Å². The Bertz CT molecular complexity index is 571. The number of rotatable bonds is 1. The van der Waals surface area contributed by atoms with Gasteiger partial charge in [-0.1, -0.05) is 29.3 Å². The van der Waals surface area contributed by atoms with Gasteiger partial charge in [-0.05, 0) is 24.1 Å². The highest BCUT2D eigenvalue weighted by atomic mass is 35.5. The topological polar surface area (TPSA) is 29.0 Å². The second-order valence-corrected chi connectivity index (χ2v) is 4.71.